The number of ether oxygens (including phenoxy) is 1. The van der Waals surface area contributed by atoms with Gasteiger partial charge in [-0.1, -0.05) is 32.4 Å². The summed E-state index contributed by atoms with van der Waals surface area (Å²) in [6.45, 7) is 5.18. The lowest BCUT2D eigenvalue weighted by Crippen LogP contribution is -2.14. The van der Waals surface area contributed by atoms with Crippen LogP contribution in [0.25, 0.3) is 0 Å². The summed E-state index contributed by atoms with van der Waals surface area (Å²) in [6.07, 6.45) is 3.40. The number of hydrogen-bond acceptors (Lipinski definition) is 2. The van der Waals surface area contributed by atoms with Gasteiger partial charge in [-0.25, -0.2) is 0 Å². The molecule has 90 valence electrons. The maximum absolute atomic E-state index is 5.63. The summed E-state index contributed by atoms with van der Waals surface area (Å²) in [5, 5.41) is 3.30. The van der Waals surface area contributed by atoms with E-state index in [0.29, 0.717) is 6.04 Å². The molecule has 0 aliphatic carbocycles. The zero-order valence-electron chi connectivity index (χ0n) is 10.6. The van der Waals surface area contributed by atoms with Gasteiger partial charge in [0.25, 0.3) is 0 Å². The van der Waals surface area contributed by atoms with E-state index in [1.807, 2.05) is 7.05 Å². The number of hydrogen-bond donors (Lipinski definition) is 1. The molecular weight excluding hydrogens is 198 g/mol. The molecule has 0 saturated heterocycles. The highest BCUT2D eigenvalue weighted by Gasteiger charge is 2.05. The normalized spacial score (nSPS) is 12.4. The molecule has 2 nitrogen and oxygen atoms in total. The van der Waals surface area contributed by atoms with Crippen LogP contribution in [0, 0.1) is 0 Å². The fraction of sp³-hybridized carbons (Fsp3) is 0.571. The molecule has 0 spiro atoms. The fourth-order valence-corrected chi connectivity index (χ4v) is 1.74. The predicted octanol–water partition coefficient (Wildman–Crippen LogP) is 3.54. The first-order chi connectivity index (χ1) is 7.81. The van der Waals surface area contributed by atoms with E-state index in [1.165, 1.54) is 12.0 Å². The van der Waals surface area contributed by atoms with Crippen LogP contribution in [0.2, 0.25) is 0 Å². The van der Waals surface area contributed by atoms with Crippen LogP contribution in [0.4, 0.5) is 0 Å². The van der Waals surface area contributed by atoms with Gasteiger partial charge in [-0.3, -0.25) is 0 Å². The summed E-state index contributed by atoms with van der Waals surface area (Å²) in [6, 6.07) is 8.86. The zero-order chi connectivity index (χ0) is 11.8. The van der Waals surface area contributed by atoms with E-state index >= 15 is 0 Å². The number of nitrogens with one attached hydrogen (secondary N) is 1. The van der Waals surface area contributed by atoms with E-state index in [-0.39, 0.29) is 0 Å². The Balaban J connectivity index is 2.53. The number of unbranched alkanes of at least 4 members (excludes halogenated alkanes) is 1. The second-order valence-corrected chi connectivity index (χ2v) is 4.02. The summed E-state index contributed by atoms with van der Waals surface area (Å²) >= 11 is 0. The minimum atomic E-state index is 0.449. The van der Waals surface area contributed by atoms with E-state index < -0.39 is 0 Å². The molecule has 1 atom stereocenters. The molecule has 0 aliphatic rings. The maximum Gasteiger partial charge on any atom is 0.119 e. The minimum Gasteiger partial charge on any atom is -0.494 e. The van der Waals surface area contributed by atoms with Crippen LogP contribution in [0.15, 0.2) is 24.3 Å². The van der Waals surface area contributed by atoms with Gasteiger partial charge >= 0.3 is 0 Å². The zero-order valence-corrected chi connectivity index (χ0v) is 10.6. The van der Waals surface area contributed by atoms with Gasteiger partial charge in [-0.2, -0.15) is 0 Å². The van der Waals surface area contributed by atoms with Gasteiger partial charge in [0.15, 0.2) is 0 Å². The van der Waals surface area contributed by atoms with Crippen molar-refractivity contribution in [3.05, 3.63) is 29.8 Å². The Kier molecular flexibility index (Phi) is 5.94. The first-order valence-electron chi connectivity index (χ1n) is 6.21. The van der Waals surface area contributed by atoms with E-state index in [1.54, 1.807) is 0 Å². The van der Waals surface area contributed by atoms with Crippen molar-refractivity contribution < 1.29 is 4.74 Å². The minimum absolute atomic E-state index is 0.449. The summed E-state index contributed by atoms with van der Waals surface area (Å²) in [7, 11) is 2.00. The van der Waals surface area contributed by atoms with E-state index in [4.69, 9.17) is 4.74 Å². The van der Waals surface area contributed by atoms with E-state index in [9.17, 15) is 0 Å². The Hall–Kier alpha value is -1.02. The average Bonchev–Trinajstić information content (AvgIpc) is 2.33. The second-order valence-electron chi connectivity index (χ2n) is 4.02. The maximum atomic E-state index is 5.63. The molecule has 0 radical (unpaired) electrons. The topological polar surface area (TPSA) is 21.3 Å². The van der Waals surface area contributed by atoms with E-state index in [2.05, 4.69) is 43.4 Å². The Labute approximate surface area is 99.0 Å². The molecule has 1 rings (SSSR count). The highest BCUT2D eigenvalue weighted by atomic mass is 16.5. The molecule has 1 N–H and O–H groups in total. The van der Waals surface area contributed by atoms with Crippen molar-refractivity contribution in [3.63, 3.8) is 0 Å². The van der Waals surface area contributed by atoms with Crippen molar-refractivity contribution in [2.75, 3.05) is 13.7 Å². The molecule has 2 heteroatoms. The highest BCUT2D eigenvalue weighted by Crippen LogP contribution is 2.19. The average molecular weight is 221 g/mol. The van der Waals surface area contributed by atoms with Crippen molar-refractivity contribution in [1.82, 2.24) is 5.32 Å². The lowest BCUT2D eigenvalue weighted by molar-refractivity contribution is 0.309. The molecule has 1 aromatic carbocycles. The van der Waals surface area contributed by atoms with Gasteiger partial charge < -0.3 is 10.1 Å². The molecule has 16 heavy (non-hydrogen) atoms. The predicted molar refractivity (Wildman–Crippen MR) is 68.9 cm³/mol. The van der Waals surface area contributed by atoms with Crippen molar-refractivity contribution in [3.8, 4) is 5.75 Å². The lowest BCUT2D eigenvalue weighted by atomic mass is 10.1. The Morgan fingerprint density at radius 1 is 1.19 bits per heavy atom. The third kappa shape index (κ3) is 3.86. The van der Waals surface area contributed by atoms with Crippen molar-refractivity contribution in [1.29, 1.82) is 0 Å². The van der Waals surface area contributed by atoms with Crippen LogP contribution >= 0.6 is 0 Å². The largest absolute Gasteiger partial charge is 0.494 e. The summed E-state index contributed by atoms with van der Waals surface area (Å²) in [5.74, 6) is 0.975. The molecule has 0 saturated carbocycles. The monoisotopic (exact) mass is 221 g/mol. The molecule has 0 aromatic heterocycles. The molecule has 0 heterocycles. The summed E-state index contributed by atoms with van der Waals surface area (Å²) < 4.78 is 5.63. The Morgan fingerprint density at radius 3 is 2.38 bits per heavy atom. The van der Waals surface area contributed by atoms with Crippen LogP contribution in [0.3, 0.4) is 0 Å². The summed E-state index contributed by atoms with van der Waals surface area (Å²) in [5.41, 5.74) is 1.33. The van der Waals surface area contributed by atoms with Gasteiger partial charge in [0.2, 0.25) is 0 Å². The van der Waals surface area contributed by atoms with Gasteiger partial charge in [-0.15, -0.1) is 0 Å². The van der Waals surface area contributed by atoms with Gasteiger partial charge in [-0.05, 0) is 37.6 Å². The molecule has 0 aliphatic heterocycles. The van der Waals surface area contributed by atoms with Gasteiger partial charge in [0.05, 0.1) is 6.61 Å². The third-order valence-corrected chi connectivity index (χ3v) is 2.81. The van der Waals surface area contributed by atoms with Crippen LogP contribution in [-0.2, 0) is 0 Å². The number of benzene rings is 1. The third-order valence-electron chi connectivity index (χ3n) is 2.81. The molecule has 0 amide bonds. The van der Waals surface area contributed by atoms with Crippen LogP contribution < -0.4 is 10.1 Å². The molecule has 0 bridgehead atoms. The quantitative estimate of drug-likeness (QED) is 0.711. The Bertz CT molecular complexity index is 277. The molecular formula is C14H23NO. The van der Waals surface area contributed by atoms with Crippen LogP contribution in [0.5, 0.6) is 5.75 Å². The van der Waals surface area contributed by atoms with Gasteiger partial charge in [0, 0.05) is 6.04 Å². The smallest absolute Gasteiger partial charge is 0.119 e. The summed E-state index contributed by atoms with van der Waals surface area (Å²) in [4.78, 5) is 0. The standard InChI is InChI=1S/C14H23NO/c1-4-6-11-16-13-9-7-12(8-10-13)14(5-2)15-3/h7-10,14-15H,4-6,11H2,1-3H3. The van der Waals surface area contributed by atoms with Crippen LogP contribution in [-0.4, -0.2) is 13.7 Å². The van der Waals surface area contributed by atoms with Gasteiger partial charge in [0.1, 0.15) is 5.75 Å². The van der Waals surface area contributed by atoms with E-state index in [0.717, 1.165) is 25.2 Å². The SMILES string of the molecule is CCCCOc1ccc(C(CC)NC)cc1. The molecule has 1 aromatic rings. The lowest BCUT2D eigenvalue weighted by Gasteiger charge is -2.14. The number of rotatable bonds is 7. The second kappa shape index (κ2) is 7.29. The van der Waals surface area contributed by atoms with Crippen molar-refractivity contribution in [2.45, 2.75) is 39.2 Å². The highest BCUT2D eigenvalue weighted by molar-refractivity contribution is 5.29. The Morgan fingerprint density at radius 2 is 1.88 bits per heavy atom. The van der Waals surface area contributed by atoms with Crippen molar-refractivity contribution >= 4 is 0 Å². The first kappa shape index (κ1) is 13.0. The molecule has 1 unspecified atom stereocenters. The first-order valence-corrected chi connectivity index (χ1v) is 6.21. The van der Waals surface area contributed by atoms with Crippen LogP contribution in [0.1, 0.15) is 44.7 Å². The van der Waals surface area contributed by atoms with Crippen molar-refractivity contribution in [2.24, 2.45) is 0 Å². The fourth-order valence-electron chi connectivity index (χ4n) is 1.74. The molecule has 0 fully saturated rings.